The van der Waals surface area contributed by atoms with Gasteiger partial charge in [-0.3, -0.25) is 4.99 Å². The maximum absolute atomic E-state index is 9.29. The average Bonchev–Trinajstić information content (AvgIpc) is 2.90. The molecule has 2 aromatic rings. The maximum Gasteiger partial charge on any atom is 0.0766 e. The lowest BCUT2D eigenvalue weighted by Crippen LogP contribution is -2.21. The van der Waals surface area contributed by atoms with Gasteiger partial charge in [0.2, 0.25) is 0 Å². The van der Waals surface area contributed by atoms with Crippen LogP contribution in [0.15, 0.2) is 77.4 Å². The van der Waals surface area contributed by atoms with Crippen molar-refractivity contribution in [3.8, 4) is 6.07 Å². The van der Waals surface area contributed by atoms with E-state index in [1.54, 1.807) is 0 Å². The predicted octanol–water partition coefficient (Wildman–Crippen LogP) is 8.39. The Morgan fingerprint density at radius 2 is 1.58 bits per heavy atom. The van der Waals surface area contributed by atoms with E-state index in [0.717, 1.165) is 47.5 Å². The van der Waals surface area contributed by atoms with Crippen molar-refractivity contribution in [2.24, 2.45) is 4.99 Å². The zero-order valence-electron chi connectivity index (χ0n) is 23.2. The van der Waals surface area contributed by atoms with Gasteiger partial charge in [-0.1, -0.05) is 113 Å². The topological polar surface area (TPSA) is 48.2 Å². The van der Waals surface area contributed by atoms with E-state index < -0.39 is 5.41 Å². The number of hydrogen-bond donors (Lipinski definition) is 1. The molecule has 0 saturated heterocycles. The molecule has 0 spiro atoms. The number of benzene rings is 2. The third-order valence-corrected chi connectivity index (χ3v) is 6.58. The summed E-state index contributed by atoms with van der Waals surface area (Å²) < 4.78 is 0. The molecule has 0 aliphatic carbocycles. The minimum atomic E-state index is -0.468. The van der Waals surface area contributed by atoms with Crippen LogP contribution in [0.5, 0.6) is 0 Å². The molecule has 2 aromatic carbocycles. The quantitative estimate of drug-likeness (QED) is 0.326. The number of unbranched alkanes of at least 4 members (excludes halogenated alkanes) is 4. The van der Waals surface area contributed by atoms with Gasteiger partial charge in [-0.25, -0.2) is 0 Å². The van der Waals surface area contributed by atoms with Gasteiger partial charge in [-0.15, -0.1) is 0 Å². The Hall–Kier alpha value is -3.12. The molecule has 0 atom stereocenters. The minimum Gasteiger partial charge on any atom is -0.381 e. The summed E-state index contributed by atoms with van der Waals surface area (Å²) in [5.41, 5.74) is 7.40. The molecule has 0 saturated carbocycles. The molecule has 36 heavy (non-hydrogen) atoms. The molecule has 0 amide bonds. The lowest BCUT2D eigenvalue weighted by Gasteiger charge is -2.20. The molecule has 0 bridgehead atoms. The molecule has 1 N–H and O–H groups in total. The molecule has 3 heteroatoms. The van der Waals surface area contributed by atoms with E-state index in [1.807, 2.05) is 26.0 Å². The second kappa shape index (κ2) is 15.1. The van der Waals surface area contributed by atoms with Crippen LogP contribution in [0.4, 0.5) is 0 Å². The van der Waals surface area contributed by atoms with Gasteiger partial charge in [0.25, 0.3) is 0 Å². The van der Waals surface area contributed by atoms with Gasteiger partial charge in [0.05, 0.1) is 11.5 Å². The van der Waals surface area contributed by atoms with Gasteiger partial charge in [0.1, 0.15) is 0 Å². The first kappa shape index (κ1) is 29.1. The van der Waals surface area contributed by atoms with Crippen molar-refractivity contribution >= 4 is 5.71 Å². The van der Waals surface area contributed by atoms with E-state index >= 15 is 0 Å². The first-order chi connectivity index (χ1) is 17.3. The number of aryl methyl sites for hydroxylation is 1. The smallest absolute Gasteiger partial charge is 0.0766 e. The molecule has 1 heterocycles. The van der Waals surface area contributed by atoms with E-state index in [1.165, 1.54) is 43.2 Å². The second-order valence-electron chi connectivity index (χ2n) is 10.2. The van der Waals surface area contributed by atoms with Crippen LogP contribution in [0.1, 0.15) is 88.5 Å². The molecular weight excluding hydrogens is 438 g/mol. The van der Waals surface area contributed by atoms with Crippen LogP contribution < -0.4 is 5.32 Å². The first-order valence-electron chi connectivity index (χ1n) is 13.5. The van der Waals surface area contributed by atoms with Crippen LogP contribution in [0, 0.1) is 18.3 Å². The lowest BCUT2D eigenvalue weighted by atomic mass is 9.86. The molecular formula is C33H45N3. The highest BCUT2D eigenvalue weighted by atomic mass is 14.9. The highest BCUT2D eigenvalue weighted by molar-refractivity contribution is 6.05. The van der Waals surface area contributed by atoms with Crippen LogP contribution in [0.3, 0.4) is 0 Å². The number of hydrogen-bond acceptors (Lipinski definition) is 3. The first-order valence-corrected chi connectivity index (χ1v) is 13.5. The standard InChI is InChI=1S/C26H29N3.C7H16/c1-19-7-9-21(10-8-19)16-25-24(6-5-15-28-25)20(2)29-17-22-11-13-23(14-12-22)26(3,4)18-27;1-3-5-7-6-4-2/h6-14,29H,2,5,15-17H2,1,3-4H3;3-7H2,1-2H3. The van der Waals surface area contributed by atoms with Gasteiger partial charge in [-0.2, -0.15) is 5.26 Å². The molecule has 1 aliphatic heterocycles. The molecule has 1 aliphatic rings. The molecule has 192 valence electrons. The summed E-state index contributed by atoms with van der Waals surface area (Å²) in [6.07, 6.45) is 11.0. The summed E-state index contributed by atoms with van der Waals surface area (Å²) in [6.45, 7) is 16.3. The molecule has 0 radical (unpaired) electrons. The fourth-order valence-electron chi connectivity index (χ4n) is 4.04. The number of nitriles is 1. The van der Waals surface area contributed by atoms with Gasteiger partial charge in [-0.05, 0) is 43.9 Å². The van der Waals surface area contributed by atoms with Crippen molar-refractivity contribution < 1.29 is 0 Å². The Labute approximate surface area is 220 Å². The van der Waals surface area contributed by atoms with Crippen LogP contribution in [-0.2, 0) is 18.4 Å². The van der Waals surface area contributed by atoms with Gasteiger partial charge in [0.15, 0.2) is 0 Å². The van der Waals surface area contributed by atoms with Crippen LogP contribution in [0.2, 0.25) is 0 Å². The molecule has 0 unspecified atom stereocenters. The Morgan fingerprint density at radius 3 is 2.17 bits per heavy atom. The molecule has 3 rings (SSSR count). The Balaban J connectivity index is 0.000000572. The normalized spacial score (nSPS) is 13.0. The highest BCUT2D eigenvalue weighted by Gasteiger charge is 2.19. The summed E-state index contributed by atoms with van der Waals surface area (Å²) in [4.78, 5) is 4.77. The van der Waals surface area contributed by atoms with E-state index in [4.69, 9.17) is 4.99 Å². The Bertz CT molecular complexity index is 1040. The van der Waals surface area contributed by atoms with E-state index in [9.17, 15) is 5.26 Å². The number of aliphatic imine (C=N–C) groups is 1. The molecule has 0 aromatic heterocycles. The van der Waals surface area contributed by atoms with Crippen LogP contribution >= 0.6 is 0 Å². The SMILES string of the molecule is C=C(NCc1ccc(C(C)(C)C#N)cc1)C1=CCCN=C1Cc1ccc(C)cc1.CCCCCCC. The van der Waals surface area contributed by atoms with Crippen molar-refractivity contribution in [3.05, 3.63) is 94.7 Å². The zero-order chi connectivity index (χ0) is 26.4. The maximum atomic E-state index is 9.29. The van der Waals surface area contributed by atoms with Crippen molar-refractivity contribution in [1.82, 2.24) is 5.32 Å². The van der Waals surface area contributed by atoms with Gasteiger partial charge < -0.3 is 5.32 Å². The number of rotatable bonds is 11. The monoisotopic (exact) mass is 483 g/mol. The average molecular weight is 484 g/mol. The second-order valence-corrected chi connectivity index (χ2v) is 10.2. The van der Waals surface area contributed by atoms with Crippen LogP contribution in [-0.4, -0.2) is 12.3 Å². The Morgan fingerprint density at radius 1 is 0.972 bits per heavy atom. The Kier molecular flexibility index (Phi) is 12.2. The summed E-state index contributed by atoms with van der Waals surface area (Å²) in [6, 6.07) is 19.2. The van der Waals surface area contributed by atoms with Crippen molar-refractivity contribution in [3.63, 3.8) is 0 Å². The minimum absolute atomic E-state index is 0.468. The number of nitrogens with zero attached hydrogens (tertiary/aromatic N) is 2. The van der Waals surface area contributed by atoms with Crippen molar-refractivity contribution in [2.75, 3.05) is 6.54 Å². The molecule has 0 fully saturated rings. The third-order valence-electron chi connectivity index (χ3n) is 6.58. The summed E-state index contributed by atoms with van der Waals surface area (Å²) in [5.74, 6) is 0. The predicted molar refractivity (Wildman–Crippen MR) is 155 cm³/mol. The fourth-order valence-corrected chi connectivity index (χ4v) is 4.04. The molecule has 3 nitrogen and oxygen atoms in total. The van der Waals surface area contributed by atoms with E-state index in [2.05, 4.69) is 81.2 Å². The van der Waals surface area contributed by atoms with Crippen LogP contribution in [0.25, 0.3) is 0 Å². The van der Waals surface area contributed by atoms with E-state index in [-0.39, 0.29) is 0 Å². The zero-order valence-corrected chi connectivity index (χ0v) is 23.2. The number of allylic oxidation sites excluding steroid dienone is 1. The van der Waals surface area contributed by atoms with Crippen molar-refractivity contribution in [1.29, 1.82) is 5.26 Å². The third kappa shape index (κ3) is 9.50. The largest absolute Gasteiger partial charge is 0.381 e. The van der Waals surface area contributed by atoms with Gasteiger partial charge in [0, 0.05) is 36.5 Å². The number of nitrogens with one attached hydrogen (secondary N) is 1. The van der Waals surface area contributed by atoms with Gasteiger partial charge >= 0.3 is 0 Å². The van der Waals surface area contributed by atoms with Crippen molar-refractivity contribution in [2.45, 2.75) is 91.5 Å². The summed E-state index contributed by atoms with van der Waals surface area (Å²) >= 11 is 0. The number of dihydropyridines is 1. The fraction of sp³-hybridized carbons (Fsp3) is 0.455. The highest BCUT2D eigenvalue weighted by Crippen LogP contribution is 2.23. The van der Waals surface area contributed by atoms with E-state index in [0.29, 0.717) is 6.54 Å². The summed E-state index contributed by atoms with van der Waals surface area (Å²) in [7, 11) is 0. The lowest BCUT2D eigenvalue weighted by molar-refractivity contribution is 0.656. The summed E-state index contributed by atoms with van der Waals surface area (Å²) in [5, 5.41) is 12.7.